The van der Waals surface area contributed by atoms with E-state index in [9.17, 15) is 4.79 Å². The molecular weight excluding hydrogens is 320 g/mol. The number of benzene rings is 1. The van der Waals surface area contributed by atoms with Gasteiger partial charge in [0.1, 0.15) is 0 Å². The zero-order chi connectivity index (χ0) is 16.9. The number of nitrogens with one attached hydrogen (secondary N) is 1. The minimum absolute atomic E-state index is 0.0155. The first-order valence-electron chi connectivity index (χ1n) is 8.04. The zero-order valence-electron chi connectivity index (χ0n) is 13.5. The molecule has 1 amide bonds. The molecule has 4 nitrogen and oxygen atoms in total. The van der Waals surface area contributed by atoms with Crippen LogP contribution in [-0.4, -0.2) is 28.6 Å². The molecule has 0 spiro atoms. The molecule has 1 atom stereocenters. The molecule has 24 heavy (non-hydrogen) atoms. The molecule has 0 aliphatic rings. The number of pyridine rings is 1. The molecule has 0 aliphatic carbocycles. The van der Waals surface area contributed by atoms with Gasteiger partial charge in [0.25, 0.3) is 5.91 Å². The van der Waals surface area contributed by atoms with E-state index in [0.29, 0.717) is 12.0 Å². The Morgan fingerprint density at radius 2 is 2.12 bits per heavy atom. The monoisotopic (exact) mass is 340 g/mol. The van der Waals surface area contributed by atoms with Crippen LogP contribution in [0.25, 0.3) is 21.5 Å². The molecule has 3 aromatic rings. The largest absolute Gasteiger partial charge is 0.396 e. The van der Waals surface area contributed by atoms with Gasteiger partial charge < -0.3 is 10.4 Å². The molecule has 5 heteroatoms. The third-order valence-corrected chi connectivity index (χ3v) is 4.80. The van der Waals surface area contributed by atoms with Gasteiger partial charge in [-0.25, -0.2) is 4.98 Å². The van der Waals surface area contributed by atoms with E-state index < -0.39 is 0 Å². The van der Waals surface area contributed by atoms with Crippen molar-refractivity contribution in [2.24, 2.45) is 0 Å². The van der Waals surface area contributed by atoms with Crippen molar-refractivity contribution in [3.05, 3.63) is 53.4 Å². The highest BCUT2D eigenvalue weighted by Gasteiger charge is 2.16. The normalized spacial score (nSPS) is 12.2. The minimum atomic E-state index is -0.100. The summed E-state index contributed by atoms with van der Waals surface area (Å²) in [4.78, 5) is 18.5. The Balaban J connectivity index is 1.97. The van der Waals surface area contributed by atoms with Crippen LogP contribution in [0.5, 0.6) is 0 Å². The number of para-hydroxylation sites is 1. The molecule has 0 fully saturated rings. The number of carbonyl (C=O) groups excluding carboxylic acids is 1. The highest BCUT2D eigenvalue weighted by atomic mass is 32.1. The minimum Gasteiger partial charge on any atom is -0.396 e. The molecule has 2 aromatic heterocycles. The number of carbonyl (C=O) groups is 1. The Kier molecular flexibility index (Phi) is 5.23. The maximum atomic E-state index is 12.8. The molecule has 0 saturated heterocycles. The third-order valence-electron chi connectivity index (χ3n) is 3.91. The fraction of sp³-hybridized carbons (Fsp3) is 0.263. The van der Waals surface area contributed by atoms with Crippen LogP contribution in [0, 0.1) is 0 Å². The number of hydrogen-bond donors (Lipinski definition) is 2. The Bertz CT molecular complexity index is 831. The van der Waals surface area contributed by atoms with E-state index in [0.717, 1.165) is 27.9 Å². The molecule has 3 rings (SSSR count). The van der Waals surface area contributed by atoms with Gasteiger partial charge in [0.15, 0.2) is 0 Å². The van der Waals surface area contributed by atoms with Crippen molar-refractivity contribution in [3.8, 4) is 10.6 Å². The molecule has 0 aliphatic heterocycles. The van der Waals surface area contributed by atoms with Crippen LogP contribution in [0.2, 0.25) is 0 Å². The average molecular weight is 340 g/mol. The molecule has 1 unspecified atom stereocenters. The summed E-state index contributed by atoms with van der Waals surface area (Å²) >= 11 is 1.61. The quantitative estimate of drug-likeness (QED) is 0.716. The van der Waals surface area contributed by atoms with Crippen molar-refractivity contribution < 1.29 is 9.90 Å². The smallest absolute Gasteiger partial charge is 0.252 e. The number of hydrogen-bond acceptors (Lipinski definition) is 4. The maximum Gasteiger partial charge on any atom is 0.252 e. The van der Waals surface area contributed by atoms with Gasteiger partial charge >= 0.3 is 0 Å². The topological polar surface area (TPSA) is 62.2 Å². The van der Waals surface area contributed by atoms with Crippen molar-refractivity contribution >= 4 is 28.1 Å². The molecule has 0 saturated carbocycles. The summed E-state index contributed by atoms with van der Waals surface area (Å²) in [6.07, 6.45) is 1.43. The van der Waals surface area contributed by atoms with Crippen LogP contribution in [0.3, 0.4) is 0 Å². The summed E-state index contributed by atoms with van der Waals surface area (Å²) in [7, 11) is 0. The van der Waals surface area contributed by atoms with Crippen LogP contribution in [0.15, 0.2) is 47.8 Å². The Morgan fingerprint density at radius 1 is 1.29 bits per heavy atom. The van der Waals surface area contributed by atoms with E-state index in [-0.39, 0.29) is 18.6 Å². The lowest BCUT2D eigenvalue weighted by molar-refractivity contribution is 0.0938. The maximum absolute atomic E-state index is 12.8. The van der Waals surface area contributed by atoms with Crippen molar-refractivity contribution in [2.75, 3.05) is 6.61 Å². The lowest BCUT2D eigenvalue weighted by Crippen LogP contribution is -2.32. The van der Waals surface area contributed by atoms with Gasteiger partial charge in [0.2, 0.25) is 0 Å². The second-order valence-electron chi connectivity index (χ2n) is 5.79. The highest BCUT2D eigenvalue weighted by Crippen LogP contribution is 2.27. The van der Waals surface area contributed by atoms with Gasteiger partial charge in [-0.3, -0.25) is 4.79 Å². The standard InChI is InChI=1S/C19H20N2O2S/c1-13(6-4-10-22)20-19(23)15-12-17(18-9-5-11-24-18)21-16-8-3-2-7-14(15)16/h2-3,5,7-9,11-13,22H,4,6,10H2,1H3,(H,20,23). The van der Waals surface area contributed by atoms with Crippen molar-refractivity contribution in [1.29, 1.82) is 0 Å². The lowest BCUT2D eigenvalue weighted by atomic mass is 10.1. The summed E-state index contributed by atoms with van der Waals surface area (Å²) < 4.78 is 0. The van der Waals surface area contributed by atoms with E-state index in [2.05, 4.69) is 10.3 Å². The van der Waals surface area contributed by atoms with Crippen LogP contribution in [-0.2, 0) is 0 Å². The fourth-order valence-electron chi connectivity index (χ4n) is 2.68. The molecule has 124 valence electrons. The Hall–Kier alpha value is -2.24. The van der Waals surface area contributed by atoms with Crippen LogP contribution in [0.1, 0.15) is 30.1 Å². The molecule has 1 aromatic carbocycles. The van der Waals surface area contributed by atoms with E-state index in [1.807, 2.05) is 54.8 Å². The van der Waals surface area contributed by atoms with E-state index in [1.165, 1.54) is 0 Å². The van der Waals surface area contributed by atoms with Gasteiger partial charge in [0.05, 0.1) is 21.7 Å². The van der Waals surface area contributed by atoms with E-state index >= 15 is 0 Å². The van der Waals surface area contributed by atoms with Gasteiger partial charge in [-0.05, 0) is 43.3 Å². The number of aliphatic hydroxyl groups is 1. The summed E-state index contributed by atoms with van der Waals surface area (Å²) in [6, 6.07) is 13.6. The first kappa shape index (κ1) is 16.6. The second kappa shape index (κ2) is 7.55. The molecule has 2 heterocycles. The molecule has 0 radical (unpaired) electrons. The number of rotatable bonds is 6. The summed E-state index contributed by atoms with van der Waals surface area (Å²) in [6.45, 7) is 2.10. The lowest BCUT2D eigenvalue weighted by Gasteiger charge is -2.15. The Morgan fingerprint density at radius 3 is 2.88 bits per heavy atom. The first-order valence-corrected chi connectivity index (χ1v) is 8.92. The Labute approximate surface area is 145 Å². The predicted molar refractivity (Wildman–Crippen MR) is 98.3 cm³/mol. The van der Waals surface area contributed by atoms with E-state index in [4.69, 9.17) is 5.11 Å². The summed E-state index contributed by atoms with van der Waals surface area (Å²) in [5, 5.41) is 14.8. The van der Waals surface area contributed by atoms with Crippen molar-refractivity contribution in [2.45, 2.75) is 25.8 Å². The van der Waals surface area contributed by atoms with Crippen molar-refractivity contribution in [3.63, 3.8) is 0 Å². The number of nitrogens with zero attached hydrogens (tertiary/aromatic N) is 1. The number of aromatic nitrogens is 1. The van der Waals surface area contributed by atoms with Crippen LogP contribution < -0.4 is 5.32 Å². The van der Waals surface area contributed by atoms with E-state index in [1.54, 1.807) is 11.3 Å². The SMILES string of the molecule is CC(CCCO)NC(=O)c1cc(-c2cccs2)nc2ccccc12. The number of aliphatic hydroxyl groups excluding tert-OH is 1. The fourth-order valence-corrected chi connectivity index (χ4v) is 3.37. The number of thiophene rings is 1. The van der Waals surface area contributed by atoms with Gasteiger partial charge in [-0.15, -0.1) is 11.3 Å². The van der Waals surface area contributed by atoms with Crippen LogP contribution >= 0.6 is 11.3 Å². The number of amides is 1. The average Bonchev–Trinajstić information content (AvgIpc) is 3.13. The van der Waals surface area contributed by atoms with Gasteiger partial charge in [-0.1, -0.05) is 24.3 Å². The number of fused-ring (bicyclic) bond motifs is 1. The molecule has 2 N–H and O–H groups in total. The van der Waals surface area contributed by atoms with Gasteiger partial charge in [-0.2, -0.15) is 0 Å². The zero-order valence-corrected chi connectivity index (χ0v) is 14.3. The van der Waals surface area contributed by atoms with Crippen molar-refractivity contribution in [1.82, 2.24) is 10.3 Å². The predicted octanol–water partition coefficient (Wildman–Crippen LogP) is 3.85. The third kappa shape index (κ3) is 3.63. The second-order valence-corrected chi connectivity index (χ2v) is 6.74. The summed E-state index contributed by atoms with van der Waals surface area (Å²) in [5.41, 5.74) is 2.27. The van der Waals surface area contributed by atoms with Gasteiger partial charge in [0, 0.05) is 18.0 Å². The first-order chi connectivity index (χ1) is 11.7. The highest BCUT2D eigenvalue weighted by molar-refractivity contribution is 7.13. The molecule has 0 bridgehead atoms. The summed E-state index contributed by atoms with van der Waals surface area (Å²) in [5.74, 6) is -0.100. The van der Waals surface area contributed by atoms with Crippen LogP contribution in [0.4, 0.5) is 0 Å². The molecular formula is C19H20N2O2S.